The monoisotopic (exact) mass is 251 g/mol. The molecule has 0 saturated heterocycles. The van der Waals surface area contributed by atoms with E-state index in [9.17, 15) is 0 Å². The van der Waals surface area contributed by atoms with Crippen molar-refractivity contribution in [2.45, 2.75) is 25.4 Å². The van der Waals surface area contributed by atoms with E-state index in [-0.39, 0.29) is 0 Å². The molecule has 2 rings (SSSR count). The molecule has 92 valence electrons. The fraction of sp³-hybridized carbons (Fsp3) is 0.462. The van der Waals surface area contributed by atoms with Crippen molar-refractivity contribution in [1.29, 1.82) is 0 Å². The molecule has 17 heavy (non-hydrogen) atoms. The number of hydrogen-bond donors (Lipinski definition) is 1. The number of nitrogens with zero attached hydrogens (tertiary/aromatic N) is 2. The van der Waals surface area contributed by atoms with E-state index in [1.54, 1.807) is 6.20 Å². The van der Waals surface area contributed by atoms with Crippen LogP contribution in [0, 0.1) is 0 Å². The normalized spacial score (nSPS) is 14.7. The summed E-state index contributed by atoms with van der Waals surface area (Å²) < 4.78 is 0. The van der Waals surface area contributed by atoms with Crippen LogP contribution < -0.4 is 10.2 Å². The fourth-order valence-corrected chi connectivity index (χ4v) is 1.81. The SMILES string of the molecule is C=CCN(C)c1cc(CNC2CC2)c(Cl)cn1. The minimum Gasteiger partial charge on any atom is -0.356 e. The van der Waals surface area contributed by atoms with Crippen LogP contribution in [0.1, 0.15) is 18.4 Å². The van der Waals surface area contributed by atoms with Gasteiger partial charge in [-0.25, -0.2) is 4.98 Å². The van der Waals surface area contributed by atoms with Crippen LogP contribution in [0.4, 0.5) is 5.82 Å². The number of rotatable bonds is 6. The average molecular weight is 252 g/mol. The van der Waals surface area contributed by atoms with Crippen LogP contribution >= 0.6 is 11.6 Å². The molecule has 1 aliphatic carbocycles. The van der Waals surface area contributed by atoms with Gasteiger partial charge in [-0.05, 0) is 24.5 Å². The Bertz CT molecular complexity index is 402. The van der Waals surface area contributed by atoms with Gasteiger partial charge in [-0.15, -0.1) is 6.58 Å². The van der Waals surface area contributed by atoms with Crippen LogP contribution in [0.25, 0.3) is 0 Å². The minimum absolute atomic E-state index is 0.689. The lowest BCUT2D eigenvalue weighted by Crippen LogP contribution is -2.19. The standard InChI is InChI=1S/C13H18ClN3/c1-3-6-17(2)13-7-10(12(14)9-16-13)8-15-11-4-5-11/h3,7,9,11,15H,1,4-6,8H2,2H3. The number of likely N-dealkylation sites (N-methyl/N-ethyl adjacent to an activating group) is 1. The first kappa shape index (κ1) is 12.4. The fourth-order valence-electron chi connectivity index (χ4n) is 1.64. The van der Waals surface area contributed by atoms with Crippen molar-refractivity contribution in [2.75, 3.05) is 18.5 Å². The van der Waals surface area contributed by atoms with E-state index >= 15 is 0 Å². The van der Waals surface area contributed by atoms with Crippen LogP contribution in [0.5, 0.6) is 0 Å². The van der Waals surface area contributed by atoms with Gasteiger partial charge in [0.25, 0.3) is 0 Å². The van der Waals surface area contributed by atoms with Crippen LogP contribution in [-0.4, -0.2) is 24.6 Å². The predicted octanol–water partition coefficient (Wildman–Crippen LogP) is 2.61. The van der Waals surface area contributed by atoms with E-state index in [1.165, 1.54) is 12.8 Å². The Morgan fingerprint density at radius 2 is 2.41 bits per heavy atom. The van der Waals surface area contributed by atoms with Gasteiger partial charge in [0.15, 0.2) is 0 Å². The van der Waals surface area contributed by atoms with Crippen LogP contribution in [-0.2, 0) is 6.54 Å². The highest BCUT2D eigenvalue weighted by atomic mass is 35.5. The highest BCUT2D eigenvalue weighted by Gasteiger charge is 2.20. The summed E-state index contributed by atoms with van der Waals surface area (Å²) in [7, 11) is 2.00. The Morgan fingerprint density at radius 1 is 1.65 bits per heavy atom. The molecule has 1 fully saturated rings. The summed E-state index contributed by atoms with van der Waals surface area (Å²) in [5, 5.41) is 4.19. The second-order valence-electron chi connectivity index (χ2n) is 4.46. The van der Waals surface area contributed by atoms with Crippen molar-refractivity contribution in [1.82, 2.24) is 10.3 Å². The maximum Gasteiger partial charge on any atom is 0.128 e. The van der Waals surface area contributed by atoms with E-state index in [0.717, 1.165) is 29.5 Å². The summed E-state index contributed by atoms with van der Waals surface area (Å²) in [6.45, 7) is 5.33. The third-order valence-corrected chi connectivity index (χ3v) is 3.21. The Balaban J connectivity index is 2.06. The van der Waals surface area contributed by atoms with Gasteiger partial charge >= 0.3 is 0 Å². The van der Waals surface area contributed by atoms with Crippen molar-refractivity contribution < 1.29 is 0 Å². The zero-order chi connectivity index (χ0) is 12.3. The molecular formula is C13H18ClN3. The molecule has 1 aromatic rings. The van der Waals surface area contributed by atoms with Crippen LogP contribution in [0.3, 0.4) is 0 Å². The van der Waals surface area contributed by atoms with Gasteiger partial charge in [-0.3, -0.25) is 0 Å². The van der Waals surface area contributed by atoms with Crippen molar-refractivity contribution in [3.8, 4) is 0 Å². The Kier molecular flexibility index (Phi) is 4.02. The lowest BCUT2D eigenvalue weighted by atomic mass is 10.2. The number of halogens is 1. The molecule has 0 unspecified atom stereocenters. The molecule has 0 spiro atoms. The molecule has 0 aliphatic heterocycles. The highest BCUT2D eigenvalue weighted by Crippen LogP contribution is 2.23. The summed E-state index contributed by atoms with van der Waals surface area (Å²) in [5.41, 5.74) is 1.11. The second kappa shape index (κ2) is 5.52. The molecule has 1 aromatic heterocycles. The highest BCUT2D eigenvalue weighted by molar-refractivity contribution is 6.31. The zero-order valence-corrected chi connectivity index (χ0v) is 10.9. The van der Waals surface area contributed by atoms with E-state index in [2.05, 4.69) is 16.9 Å². The van der Waals surface area contributed by atoms with Gasteiger partial charge in [-0.2, -0.15) is 0 Å². The average Bonchev–Trinajstić information content (AvgIpc) is 3.12. The second-order valence-corrected chi connectivity index (χ2v) is 4.87. The third kappa shape index (κ3) is 3.45. The van der Waals surface area contributed by atoms with E-state index < -0.39 is 0 Å². The van der Waals surface area contributed by atoms with Crippen molar-refractivity contribution in [2.24, 2.45) is 0 Å². The van der Waals surface area contributed by atoms with Gasteiger partial charge in [0.1, 0.15) is 5.82 Å². The molecule has 0 atom stereocenters. The number of nitrogens with one attached hydrogen (secondary N) is 1. The van der Waals surface area contributed by atoms with Crippen molar-refractivity contribution in [3.05, 3.63) is 35.5 Å². The molecule has 4 heteroatoms. The molecule has 0 radical (unpaired) electrons. The molecule has 1 N–H and O–H groups in total. The molecule has 1 aliphatic rings. The quantitative estimate of drug-likeness (QED) is 0.788. The molecule has 3 nitrogen and oxygen atoms in total. The maximum absolute atomic E-state index is 6.14. The predicted molar refractivity (Wildman–Crippen MR) is 72.6 cm³/mol. The van der Waals surface area contributed by atoms with Gasteiger partial charge in [-0.1, -0.05) is 17.7 Å². The Hall–Kier alpha value is -1.06. The largest absolute Gasteiger partial charge is 0.356 e. The minimum atomic E-state index is 0.689. The van der Waals surface area contributed by atoms with Crippen LogP contribution in [0.15, 0.2) is 24.9 Å². The first-order valence-electron chi connectivity index (χ1n) is 5.90. The first-order valence-corrected chi connectivity index (χ1v) is 6.28. The van der Waals surface area contributed by atoms with E-state index in [4.69, 9.17) is 11.6 Å². The summed E-state index contributed by atoms with van der Waals surface area (Å²) in [6.07, 6.45) is 6.15. The van der Waals surface area contributed by atoms with Gasteiger partial charge in [0, 0.05) is 32.4 Å². The van der Waals surface area contributed by atoms with Crippen molar-refractivity contribution in [3.63, 3.8) is 0 Å². The van der Waals surface area contributed by atoms with Gasteiger partial charge in [0.05, 0.1) is 5.02 Å². The van der Waals surface area contributed by atoms with Gasteiger partial charge < -0.3 is 10.2 Å². The Labute approximate surface area is 107 Å². The third-order valence-electron chi connectivity index (χ3n) is 2.87. The summed E-state index contributed by atoms with van der Waals surface area (Å²) >= 11 is 6.14. The molecule has 1 heterocycles. The number of pyridine rings is 1. The lowest BCUT2D eigenvalue weighted by molar-refractivity contribution is 0.687. The number of hydrogen-bond acceptors (Lipinski definition) is 3. The molecular weight excluding hydrogens is 234 g/mol. The summed E-state index contributed by atoms with van der Waals surface area (Å²) in [4.78, 5) is 6.36. The van der Waals surface area contributed by atoms with Gasteiger partial charge in [0.2, 0.25) is 0 Å². The van der Waals surface area contributed by atoms with E-state index in [1.807, 2.05) is 24.1 Å². The van der Waals surface area contributed by atoms with Crippen molar-refractivity contribution >= 4 is 17.4 Å². The first-order chi connectivity index (χ1) is 8.20. The zero-order valence-electron chi connectivity index (χ0n) is 10.1. The summed E-state index contributed by atoms with van der Waals surface area (Å²) in [6, 6.07) is 2.73. The Morgan fingerprint density at radius 3 is 3.06 bits per heavy atom. The number of aromatic nitrogens is 1. The lowest BCUT2D eigenvalue weighted by Gasteiger charge is -2.17. The van der Waals surface area contributed by atoms with E-state index in [0.29, 0.717) is 6.04 Å². The molecule has 0 bridgehead atoms. The maximum atomic E-state index is 6.14. The molecule has 1 saturated carbocycles. The van der Waals surface area contributed by atoms with Crippen LogP contribution in [0.2, 0.25) is 5.02 Å². The number of anilines is 1. The smallest absolute Gasteiger partial charge is 0.128 e. The topological polar surface area (TPSA) is 28.2 Å². The summed E-state index contributed by atoms with van der Waals surface area (Å²) in [5.74, 6) is 0.932. The molecule has 0 aromatic carbocycles. The molecule has 0 amide bonds.